The molecule has 22 heteroatoms. The van der Waals surface area contributed by atoms with Gasteiger partial charge in [-0.15, -0.1) is 0 Å². The Morgan fingerprint density at radius 3 is 1.50 bits per heavy atom. The van der Waals surface area contributed by atoms with Crippen LogP contribution in [-0.2, 0) is 14.9 Å². The minimum atomic E-state index is -8.34. The summed E-state index contributed by atoms with van der Waals surface area (Å²) in [6, 6.07) is 0. The molecule has 0 saturated carbocycles. The highest BCUT2D eigenvalue weighted by molar-refractivity contribution is 7.99. The molecule has 228 valence electrons. The minimum Gasteiger partial charge on any atom is -0.285 e. The molecule has 5 nitrogen and oxygen atoms in total. The van der Waals surface area contributed by atoms with Crippen LogP contribution in [0.2, 0.25) is 0 Å². The van der Waals surface area contributed by atoms with E-state index < -0.39 is 98.9 Å². The lowest BCUT2D eigenvalue weighted by Crippen LogP contribution is -2.72. The van der Waals surface area contributed by atoms with Crippen molar-refractivity contribution in [2.75, 3.05) is 37.9 Å². The number of thioether (sulfide) groups is 1. The van der Waals surface area contributed by atoms with Gasteiger partial charge in [-0.2, -0.15) is 86.0 Å². The van der Waals surface area contributed by atoms with E-state index in [1.165, 1.54) is 0 Å². The van der Waals surface area contributed by atoms with Crippen LogP contribution in [0.25, 0.3) is 0 Å². The van der Waals surface area contributed by atoms with Crippen LogP contribution in [0.5, 0.6) is 0 Å². The summed E-state index contributed by atoms with van der Waals surface area (Å²) in [4.78, 5) is 12.0. The van der Waals surface area contributed by atoms with E-state index in [1.54, 1.807) is 0 Å². The van der Waals surface area contributed by atoms with Crippen LogP contribution in [0.3, 0.4) is 0 Å². The monoisotopic (exact) mass is 638 g/mol. The van der Waals surface area contributed by atoms with Crippen molar-refractivity contribution in [1.29, 1.82) is 0 Å². The summed E-state index contributed by atoms with van der Waals surface area (Å²) >= 11 is 0.134. The molecular weight excluding hydrogens is 619 g/mol. The van der Waals surface area contributed by atoms with Crippen molar-refractivity contribution < 1.29 is 88.1 Å². The Morgan fingerprint density at radius 2 is 1.11 bits per heavy atom. The van der Waals surface area contributed by atoms with Gasteiger partial charge < -0.3 is 0 Å². The quantitative estimate of drug-likeness (QED) is 0.120. The van der Waals surface area contributed by atoms with Crippen molar-refractivity contribution in [3.8, 4) is 0 Å². The zero-order valence-corrected chi connectivity index (χ0v) is 20.5. The number of rotatable bonds is 14. The van der Waals surface area contributed by atoms with Crippen molar-refractivity contribution in [2.24, 2.45) is 0 Å². The van der Waals surface area contributed by atoms with Crippen molar-refractivity contribution in [2.45, 2.75) is 54.6 Å². The molecule has 0 aliphatic carbocycles. The number of hydrogen-bond donors (Lipinski definition) is 1. The number of carbonyl (C=O) groups excluding carboxylic acids is 1. The van der Waals surface area contributed by atoms with E-state index in [4.69, 9.17) is 4.55 Å². The third-order valence-corrected chi connectivity index (χ3v) is 6.68. The first-order chi connectivity index (χ1) is 16.3. The zero-order chi connectivity index (χ0) is 31.0. The van der Waals surface area contributed by atoms with E-state index in [1.807, 2.05) is 0 Å². The van der Waals surface area contributed by atoms with E-state index in [-0.39, 0.29) is 11.8 Å². The highest BCUT2D eigenvalue weighted by Gasteiger charge is 2.93. The molecule has 0 spiro atoms. The Balaban J connectivity index is 5.51. The fourth-order valence-electron chi connectivity index (χ4n) is 2.39. The molecule has 1 amide bonds. The Hall–Kier alpha value is -1.16. The molecule has 0 fully saturated rings. The highest BCUT2D eigenvalue weighted by Crippen LogP contribution is 2.62. The number of hydrogen-bond acceptors (Lipinski definition) is 4. The molecule has 0 aromatic carbocycles. The van der Waals surface area contributed by atoms with Crippen molar-refractivity contribution in [3.05, 3.63) is 0 Å². The molecule has 0 radical (unpaired) electrons. The van der Waals surface area contributed by atoms with Gasteiger partial charge in [0, 0.05) is 12.2 Å². The van der Waals surface area contributed by atoms with Gasteiger partial charge in [-0.25, -0.2) is 4.79 Å². The first-order valence-corrected chi connectivity index (χ1v) is 12.3. The Morgan fingerprint density at radius 1 is 0.711 bits per heavy atom. The van der Waals surface area contributed by atoms with E-state index in [0.29, 0.717) is 0 Å². The van der Waals surface area contributed by atoms with E-state index in [9.17, 15) is 79.1 Å². The lowest BCUT2D eigenvalue weighted by molar-refractivity contribution is -0.811. The van der Waals surface area contributed by atoms with Crippen molar-refractivity contribution in [1.82, 2.24) is 0 Å². The average Bonchev–Trinajstić information content (AvgIpc) is 2.69. The van der Waals surface area contributed by atoms with Crippen LogP contribution in [0.1, 0.15) is 12.8 Å². The van der Waals surface area contributed by atoms with Gasteiger partial charge in [-0.3, -0.25) is 9.04 Å². The number of quaternary nitrogens is 1. The largest absolute Gasteiger partial charge is 0.460 e. The molecule has 1 N–H and O–H groups in total. The van der Waals surface area contributed by atoms with Gasteiger partial charge in [0.2, 0.25) is 0 Å². The van der Waals surface area contributed by atoms with Gasteiger partial charge in [-0.05, 0) is 5.75 Å². The average molecular weight is 638 g/mol. The molecule has 0 saturated heterocycles. The maximum Gasteiger partial charge on any atom is 0.460 e. The molecule has 38 heavy (non-hydrogen) atoms. The molecule has 0 unspecified atom stereocenters. The minimum absolute atomic E-state index is 0.134. The fraction of sp³-hybridized carbons (Fsp3) is 0.938. The molecule has 0 heterocycles. The number of halogens is 15. The van der Waals surface area contributed by atoms with Crippen LogP contribution in [0, 0.1) is 0 Å². The Labute approximate surface area is 209 Å². The maximum absolute atomic E-state index is 13.8. The second kappa shape index (κ2) is 11.0. The molecule has 0 aromatic heterocycles. The summed E-state index contributed by atoms with van der Waals surface area (Å²) in [7, 11) is -2.19. The molecule has 0 rings (SSSR count). The first kappa shape index (κ1) is 36.8. The Kier molecular flexibility index (Phi) is 10.7. The smallest absolute Gasteiger partial charge is 0.285 e. The predicted octanol–water partition coefficient (Wildman–Crippen LogP) is 5.36. The van der Waals surface area contributed by atoms with E-state index in [0.717, 1.165) is 14.1 Å². The second-order valence-corrected chi connectivity index (χ2v) is 11.1. The lowest BCUT2D eigenvalue weighted by Gasteiger charge is -2.41. The van der Waals surface area contributed by atoms with Crippen molar-refractivity contribution >= 4 is 27.8 Å². The summed E-state index contributed by atoms with van der Waals surface area (Å²) < 4.78 is 226. The van der Waals surface area contributed by atoms with Gasteiger partial charge in [0.25, 0.3) is 10.1 Å². The van der Waals surface area contributed by atoms with Gasteiger partial charge >= 0.3 is 47.6 Å². The van der Waals surface area contributed by atoms with Crippen LogP contribution >= 0.6 is 11.8 Å². The highest BCUT2D eigenvalue weighted by atomic mass is 32.2. The molecule has 0 aliphatic rings. The number of amides is 1. The van der Waals surface area contributed by atoms with Crippen LogP contribution < -0.4 is 0 Å². The molecule has 0 atom stereocenters. The van der Waals surface area contributed by atoms with Gasteiger partial charge in [0.1, 0.15) is 12.3 Å². The number of alkyl halides is 15. The Bertz CT molecular complexity index is 949. The zero-order valence-electron chi connectivity index (χ0n) is 18.8. The summed E-state index contributed by atoms with van der Waals surface area (Å²) in [6.07, 6.45) is -10.8. The second-order valence-electron chi connectivity index (χ2n) is 8.27. The summed E-state index contributed by atoms with van der Waals surface area (Å²) in [6.45, 7) is -0.478. The third-order valence-electron chi connectivity index (χ3n) is 5.00. The SMILES string of the molecule is C[N+](C)(CCS(=O)(=O)O)C(=O)CCSCCC(F)(F)C(F)(F)C(F)(F)C(F)(F)C(F)(F)C(F)(F)C(F)(F)F. The van der Waals surface area contributed by atoms with E-state index >= 15 is 0 Å². The molecular formula is C16H19F15NO4S2+. The molecule has 0 bridgehead atoms. The summed E-state index contributed by atoms with van der Waals surface area (Å²) in [5.74, 6) is -50.3. The van der Waals surface area contributed by atoms with Crippen LogP contribution in [0.15, 0.2) is 0 Å². The third kappa shape index (κ3) is 7.12. The van der Waals surface area contributed by atoms with Gasteiger partial charge in [0.15, 0.2) is 0 Å². The normalized spacial score (nSPS) is 15.6. The first-order valence-electron chi connectivity index (χ1n) is 9.56. The summed E-state index contributed by atoms with van der Waals surface area (Å²) in [5.41, 5.74) is 0. The standard InChI is InChI=1S/C16H18F15NO4S2/c1-32(2,5-8-38(34,35)36)9(33)3-6-37-7-4-10(17,18)11(19,20)12(21,22)13(23,24)14(25,26)15(27,28)16(29,30)31/h3-8H2,1-2H3/p+1. The maximum atomic E-state index is 13.8. The van der Waals surface area contributed by atoms with Gasteiger partial charge in [0.05, 0.1) is 20.5 Å². The fourth-order valence-corrected chi connectivity index (χ4v) is 4.00. The molecule has 0 aromatic rings. The predicted molar refractivity (Wildman–Crippen MR) is 101 cm³/mol. The number of nitrogens with zero attached hydrogens (tertiary/aromatic N) is 1. The van der Waals surface area contributed by atoms with Crippen LogP contribution in [0.4, 0.5) is 65.9 Å². The van der Waals surface area contributed by atoms with E-state index in [2.05, 4.69) is 0 Å². The van der Waals surface area contributed by atoms with Crippen molar-refractivity contribution in [3.63, 3.8) is 0 Å². The topological polar surface area (TPSA) is 71.4 Å². The summed E-state index contributed by atoms with van der Waals surface area (Å²) in [5, 5.41) is 0. The molecule has 0 aliphatic heterocycles. The van der Waals surface area contributed by atoms with Crippen LogP contribution in [-0.4, -0.2) is 103 Å². The number of carbonyl (C=O) groups is 1. The lowest BCUT2D eigenvalue weighted by atomic mass is 9.90. The van der Waals surface area contributed by atoms with Gasteiger partial charge in [-0.1, -0.05) is 0 Å².